The van der Waals surface area contributed by atoms with E-state index in [-0.39, 0.29) is 23.6 Å². The third-order valence-electron chi connectivity index (χ3n) is 3.55. The topological polar surface area (TPSA) is 66.5 Å². The number of hydrogen-bond donors (Lipinski definition) is 1. The summed E-state index contributed by atoms with van der Waals surface area (Å²) in [4.78, 5) is 14.8. The molecule has 7 heteroatoms. The molecule has 0 spiro atoms. The number of nitrogens with zero attached hydrogens (tertiary/aromatic N) is 1. The van der Waals surface area contributed by atoms with Crippen LogP contribution in [0.25, 0.3) is 0 Å². The maximum atomic E-state index is 12.1. The van der Waals surface area contributed by atoms with Crippen LogP contribution in [-0.2, 0) is 16.4 Å². The van der Waals surface area contributed by atoms with Gasteiger partial charge in [-0.05, 0) is 37.3 Å². The van der Waals surface area contributed by atoms with Gasteiger partial charge in [0.1, 0.15) is 0 Å². The minimum Gasteiger partial charge on any atom is -0.333 e. The molecular formula is C13H20N2O3S2. The Hall–Kier alpha value is -1.08. The summed E-state index contributed by atoms with van der Waals surface area (Å²) in [6.07, 6.45) is 0.508. The van der Waals surface area contributed by atoms with Gasteiger partial charge in [-0.3, -0.25) is 0 Å². The van der Waals surface area contributed by atoms with Gasteiger partial charge in [0, 0.05) is 18.0 Å². The summed E-state index contributed by atoms with van der Waals surface area (Å²) < 4.78 is 23.6. The summed E-state index contributed by atoms with van der Waals surface area (Å²) in [5.74, 6) is 0.0553. The highest BCUT2D eigenvalue weighted by Crippen LogP contribution is 2.15. The first kappa shape index (κ1) is 15.3. The first-order valence-electron chi connectivity index (χ1n) is 6.67. The molecule has 2 rings (SSSR count). The fraction of sp³-hybridized carbons (Fsp3) is 0.615. The summed E-state index contributed by atoms with van der Waals surface area (Å²) in [7, 11) is -3.05. The smallest absolute Gasteiger partial charge is 0.317 e. The maximum absolute atomic E-state index is 12.1. The van der Waals surface area contributed by atoms with Crippen molar-refractivity contribution in [3.63, 3.8) is 0 Å². The Bertz CT molecular complexity index is 580. The molecule has 1 N–H and O–H groups in total. The fourth-order valence-electron chi connectivity index (χ4n) is 2.13. The number of carbonyl (C=O) groups excluding carboxylic acids is 1. The molecule has 1 aliphatic rings. The monoisotopic (exact) mass is 316 g/mol. The van der Waals surface area contributed by atoms with Crippen LogP contribution in [-0.4, -0.2) is 43.4 Å². The second kappa shape index (κ2) is 6.13. The average Bonchev–Trinajstić information content (AvgIpc) is 2.75. The van der Waals surface area contributed by atoms with Crippen LogP contribution in [0, 0.1) is 6.92 Å². The SMILES string of the molecule is Cc1csc(CNC(=O)N2CCC(C)S(=O)(=O)CC2)c1. The van der Waals surface area contributed by atoms with Gasteiger partial charge in [-0.15, -0.1) is 11.3 Å². The molecule has 2 amide bonds. The zero-order valence-corrected chi connectivity index (χ0v) is 13.4. The lowest BCUT2D eigenvalue weighted by molar-refractivity contribution is 0.201. The molecule has 20 heavy (non-hydrogen) atoms. The predicted molar refractivity (Wildman–Crippen MR) is 80.7 cm³/mol. The zero-order chi connectivity index (χ0) is 14.8. The van der Waals surface area contributed by atoms with Gasteiger partial charge >= 0.3 is 6.03 Å². The van der Waals surface area contributed by atoms with Gasteiger partial charge in [-0.2, -0.15) is 0 Å². The molecular weight excluding hydrogens is 296 g/mol. The van der Waals surface area contributed by atoms with E-state index < -0.39 is 9.84 Å². The van der Waals surface area contributed by atoms with Crippen LogP contribution in [0.3, 0.4) is 0 Å². The Morgan fingerprint density at radius 1 is 1.50 bits per heavy atom. The van der Waals surface area contributed by atoms with Crippen LogP contribution in [0.2, 0.25) is 0 Å². The maximum Gasteiger partial charge on any atom is 0.317 e. The molecule has 1 unspecified atom stereocenters. The van der Waals surface area contributed by atoms with E-state index in [1.807, 2.05) is 18.4 Å². The highest BCUT2D eigenvalue weighted by atomic mass is 32.2. The minimum absolute atomic E-state index is 0.0553. The first-order chi connectivity index (χ1) is 9.38. The van der Waals surface area contributed by atoms with Gasteiger partial charge in [0.2, 0.25) is 0 Å². The van der Waals surface area contributed by atoms with Gasteiger partial charge in [0.05, 0.1) is 17.5 Å². The Balaban J connectivity index is 1.89. The normalized spacial score (nSPS) is 22.3. The number of sulfone groups is 1. The molecule has 1 aromatic heterocycles. The molecule has 1 saturated heterocycles. The molecule has 0 radical (unpaired) electrons. The zero-order valence-electron chi connectivity index (χ0n) is 11.8. The van der Waals surface area contributed by atoms with E-state index in [9.17, 15) is 13.2 Å². The van der Waals surface area contributed by atoms with Crippen molar-refractivity contribution in [2.45, 2.75) is 32.1 Å². The second-order valence-corrected chi connectivity index (χ2v) is 8.74. The van der Waals surface area contributed by atoms with E-state index >= 15 is 0 Å². The molecule has 0 saturated carbocycles. The number of amides is 2. The lowest BCUT2D eigenvalue weighted by atomic mass is 10.3. The van der Waals surface area contributed by atoms with E-state index in [0.717, 1.165) is 4.88 Å². The number of thiophene rings is 1. The van der Waals surface area contributed by atoms with Crippen LogP contribution in [0.5, 0.6) is 0 Å². The molecule has 5 nitrogen and oxygen atoms in total. The van der Waals surface area contributed by atoms with Gasteiger partial charge in [-0.1, -0.05) is 0 Å². The molecule has 0 aromatic carbocycles. The lowest BCUT2D eigenvalue weighted by Crippen LogP contribution is -2.41. The van der Waals surface area contributed by atoms with Crippen molar-refractivity contribution in [2.24, 2.45) is 0 Å². The summed E-state index contributed by atoms with van der Waals surface area (Å²) in [6.45, 7) is 5.00. The largest absolute Gasteiger partial charge is 0.333 e. The van der Waals surface area contributed by atoms with E-state index in [4.69, 9.17) is 0 Å². The molecule has 1 aliphatic heterocycles. The summed E-state index contributed by atoms with van der Waals surface area (Å²) >= 11 is 1.61. The molecule has 1 fully saturated rings. The Morgan fingerprint density at radius 2 is 2.25 bits per heavy atom. The van der Waals surface area contributed by atoms with E-state index in [1.54, 1.807) is 23.2 Å². The molecule has 2 heterocycles. The van der Waals surface area contributed by atoms with Crippen LogP contribution >= 0.6 is 11.3 Å². The third-order valence-corrected chi connectivity index (χ3v) is 6.82. The average molecular weight is 316 g/mol. The van der Waals surface area contributed by atoms with Gasteiger partial charge in [0.15, 0.2) is 9.84 Å². The first-order valence-corrected chi connectivity index (χ1v) is 9.26. The fourth-order valence-corrected chi connectivity index (χ4v) is 4.29. The highest BCUT2D eigenvalue weighted by Gasteiger charge is 2.28. The highest BCUT2D eigenvalue weighted by molar-refractivity contribution is 7.92. The number of aryl methyl sites for hydroxylation is 1. The number of hydrogen-bond acceptors (Lipinski definition) is 4. The van der Waals surface area contributed by atoms with E-state index in [0.29, 0.717) is 19.5 Å². The minimum atomic E-state index is -3.05. The molecule has 1 atom stereocenters. The standard InChI is InChI=1S/C13H20N2O3S2/c1-10-7-12(19-9-10)8-14-13(16)15-4-3-11(2)20(17,18)6-5-15/h7,9,11H,3-6,8H2,1-2H3,(H,14,16). The van der Waals surface area contributed by atoms with Crippen LogP contribution < -0.4 is 5.32 Å². The van der Waals surface area contributed by atoms with E-state index in [2.05, 4.69) is 5.32 Å². The van der Waals surface area contributed by atoms with Gasteiger partial charge < -0.3 is 10.2 Å². The van der Waals surface area contributed by atoms with Crippen molar-refractivity contribution in [3.8, 4) is 0 Å². The van der Waals surface area contributed by atoms with Crippen molar-refractivity contribution in [1.29, 1.82) is 0 Å². The number of rotatable bonds is 2. The van der Waals surface area contributed by atoms with Crippen LogP contribution in [0.1, 0.15) is 23.8 Å². The van der Waals surface area contributed by atoms with E-state index in [1.165, 1.54) is 5.56 Å². The van der Waals surface area contributed by atoms with Crippen molar-refractivity contribution in [1.82, 2.24) is 10.2 Å². The number of nitrogens with one attached hydrogen (secondary N) is 1. The molecule has 0 aliphatic carbocycles. The van der Waals surface area contributed by atoms with Crippen molar-refractivity contribution >= 4 is 27.2 Å². The quantitative estimate of drug-likeness (QED) is 0.904. The van der Waals surface area contributed by atoms with Crippen molar-refractivity contribution < 1.29 is 13.2 Å². The van der Waals surface area contributed by atoms with Gasteiger partial charge in [-0.25, -0.2) is 13.2 Å². The Morgan fingerprint density at radius 3 is 2.90 bits per heavy atom. The van der Waals surface area contributed by atoms with Gasteiger partial charge in [0.25, 0.3) is 0 Å². The summed E-state index contributed by atoms with van der Waals surface area (Å²) in [6, 6.07) is 1.86. The summed E-state index contributed by atoms with van der Waals surface area (Å²) in [5.41, 5.74) is 1.19. The van der Waals surface area contributed by atoms with Crippen molar-refractivity contribution in [2.75, 3.05) is 18.8 Å². The number of urea groups is 1. The third kappa shape index (κ3) is 3.73. The summed E-state index contributed by atoms with van der Waals surface area (Å²) in [5, 5.41) is 4.54. The molecule has 1 aromatic rings. The Kier molecular flexibility index (Phi) is 4.70. The Labute approximate surface area is 123 Å². The molecule has 0 bridgehead atoms. The van der Waals surface area contributed by atoms with Crippen molar-refractivity contribution in [3.05, 3.63) is 21.9 Å². The molecule has 112 valence electrons. The predicted octanol–water partition coefficient (Wildman–Crippen LogP) is 1.78. The van der Waals surface area contributed by atoms with Crippen LogP contribution in [0.15, 0.2) is 11.4 Å². The van der Waals surface area contributed by atoms with Crippen LogP contribution in [0.4, 0.5) is 4.79 Å². The lowest BCUT2D eigenvalue weighted by Gasteiger charge is -2.20. The number of carbonyl (C=O) groups is 1. The second-order valence-electron chi connectivity index (χ2n) is 5.20.